The zero-order valence-electron chi connectivity index (χ0n) is 20.7. The maximum absolute atomic E-state index is 6.15. The first kappa shape index (κ1) is 22.0. The zero-order valence-corrected chi connectivity index (χ0v) is 21.5. The molecule has 4 heterocycles. The van der Waals surface area contributed by atoms with Crippen LogP contribution in [0.1, 0.15) is 0 Å². The molecule has 0 bridgehead atoms. The van der Waals surface area contributed by atoms with Gasteiger partial charge in [0.15, 0.2) is 0 Å². The van der Waals surface area contributed by atoms with E-state index < -0.39 is 0 Å². The molecule has 0 aliphatic heterocycles. The summed E-state index contributed by atoms with van der Waals surface area (Å²) in [5.41, 5.74) is 5.48. The first-order chi connectivity index (χ1) is 19.3. The van der Waals surface area contributed by atoms with Crippen molar-refractivity contribution in [2.45, 2.75) is 0 Å². The Hall–Kier alpha value is -5.00. The normalized spacial score (nSPS) is 11.6. The summed E-state index contributed by atoms with van der Waals surface area (Å²) in [6.45, 7) is 0. The number of benzene rings is 4. The molecule has 0 saturated heterocycles. The van der Waals surface area contributed by atoms with E-state index in [9.17, 15) is 0 Å². The number of rotatable bonds is 4. The monoisotopic (exact) mass is 520 g/mol. The van der Waals surface area contributed by atoms with E-state index in [4.69, 9.17) is 19.1 Å². The molecule has 0 amide bonds. The summed E-state index contributed by atoms with van der Waals surface area (Å²) in [5.74, 6) is 0.997. The molecule has 8 aromatic rings. The average Bonchev–Trinajstić information content (AvgIpc) is 3.55. The van der Waals surface area contributed by atoms with Gasteiger partial charge >= 0.3 is 0 Å². The average molecular weight is 521 g/mol. The van der Waals surface area contributed by atoms with E-state index in [-0.39, 0.29) is 0 Å². The van der Waals surface area contributed by atoms with Crippen molar-refractivity contribution in [3.05, 3.63) is 121 Å². The van der Waals surface area contributed by atoms with Crippen LogP contribution in [-0.2, 0) is 0 Å². The lowest BCUT2D eigenvalue weighted by Crippen LogP contribution is -1.93. The van der Waals surface area contributed by atoms with Crippen LogP contribution in [0.4, 0.5) is 0 Å². The Kier molecular flexibility index (Phi) is 4.96. The van der Waals surface area contributed by atoms with E-state index in [1.165, 1.54) is 20.2 Å². The largest absolute Gasteiger partial charge is 0.456 e. The van der Waals surface area contributed by atoms with Gasteiger partial charge in [-0.25, -0.2) is 9.97 Å². The predicted molar refractivity (Wildman–Crippen MR) is 160 cm³/mol. The number of nitrogens with zero attached hydrogens (tertiary/aromatic N) is 2. The van der Waals surface area contributed by atoms with Crippen LogP contribution in [0, 0.1) is 0 Å². The third-order valence-corrected chi connectivity index (χ3v) is 8.15. The Bertz CT molecular complexity index is 2020. The summed E-state index contributed by atoms with van der Waals surface area (Å²) >= 11 is 1.81. The van der Waals surface area contributed by atoms with Crippen LogP contribution in [-0.4, -0.2) is 9.97 Å². The highest BCUT2D eigenvalue weighted by atomic mass is 32.1. The van der Waals surface area contributed by atoms with Gasteiger partial charge in [-0.1, -0.05) is 54.6 Å². The van der Waals surface area contributed by atoms with E-state index in [0.717, 1.165) is 44.5 Å². The summed E-state index contributed by atoms with van der Waals surface area (Å²) in [6, 6.07) is 40.9. The second kappa shape index (κ2) is 8.79. The van der Waals surface area contributed by atoms with Gasteiger partial charge in [0, 0.05) is 54.2 Å². The molecule has 0 aliphatic rings. The lowest BCUT2D eigenvalue weighted by molar-refractivity contribution is 0.446. The lowest BCUT2D eigenvalue weighted by atomic mass is 10.1. The van der Waals surface area contributed by atoms with Gasteiger partial charge in [-0.3, -0.25) is 0 Å². The first-order valence-electron chi connectivity index (χ1n) is 12.7. The lowest BCUT2D eigenvalue weighted by Gasteiger charge is -2.08. The predicted octanol–water partition coefficient (Wildman–Crippen LogP) is 9.87. The quantitative estimate of drug-likeness (QED) is 0.232. The van der Waals surface area contributed by atoms with Gasteiger partial charge in [0.25, 0.3) is 0 Å². The van der Waals surface area contributed by atoms with Crippen LogP contribution < -0.4 is 4.74 Å². The number of hydrogen-bond acceptors (Lipinski definition) is 5. The molecule has 0 saturated carbocycles. The van der Waals surface area contributed by atoms with Crippen LogP contribution >= 0.6 is 11.3 Å². The van der Waals surface area contributed by atoms with Gasteiger partial charge in [-0.2, -0.15) is 0 Å². The Labute approximate surface area is 227 Å². The number of thiophene rings is 1. The zero-order chi connectivity index (χ0) is 25.8. The summed E-state index contributed by atoms with van der Waals surface area (Å²) in [7, 11) is 0. The van der Waals surface area contributed by atoms with Crippen molar-refractivity contribution in [3.63, 3.8) is 0 Å². The maximum atomic E-state index is 6.15. The van der Waals surface area contributed by atoms with Crippen molar-refractivity contribution in [2.24, 2.45) is 0 Å². The van der Waals surface area contributed by atoms with Gasteiger partial charge in [0.1, 0.15) is 11.2 Å². The molecule has 4 aromatic heterocycles. The van der Waals surface area contributed by atoms with Crippen LogP contribution in [0.3, 0.4) is 0 Å². The number of para-hydroxylation sites is 1. The summed E-state index contributed by atoms with van der Waals surface area (Å²) in [5, 5.41) is 4.68. The maximum Gasteiger partial charge on any atom is 0.221 e. The van der Waals surface area contributed by atoms with E-state index in [1.807, 2.05) is 78.1 Å². The summed E-state index contributed by atoms with van der Waals surface area (Å²) in [6.07, 6.45) is 0. The van der Waals surface area contributed by atoms with E-state index in [1.54, 1.807) is 0 Å². The van der Waals surface area contributed by atoms with E-state index in [2.05, 4.69) is 54.6 Å². The molecule has 0 spiro atoms. The highest BCUT2D eigenvalue weighted by Crippen LogP contribution is 2.36. The number of aromatic nitrogens is 2. The number of fused-ring (bicyclic) bond motifs is 6. The van der Waals surface area contributed by atoms with Crippen LogP contribution in [0.5, 0.6) is 11.8 Å². The molecule has 0 aliphatic carbocycles. The smallest absolute Gasteiger partial charge is 0.221 e. The number of furan rings is 1. The Balaban J connectivity index is 1.12. The van der Waals surface area contributed by atoms with Crippen LogP contribution in [0.25, 0.3) is 64.6 Å². The van der Waals surface area contributed by atoms with E-state index in [0.29, 0.717) is 11.8 Å². The second-order valence-corrected chi connectivity index (χ2v) is 10.5. The minimum Gasteiger partial charge on any atom is -0.456 e. The molecule has 4 nitrogen and oxygen atoms in total. The van der Waals surface area contributed by atoms with Gasteiger partial charge in [-0.05, 0) is 54.6 Å². The van der Waals surface area contributed by atoms with Gasteiger partial charge in [0.05, 0.1) is 11.4 Å². The molecule has 8 rings (SSSR count). The minimum absolute atomic E-state index is 0.494. The molecular formula is C34H20N2O2S. The van der Waals surface area contributed by atoms with E-state index >= 15 is 0 Å². The molecule has 0 fully saturated rings. The Morgan fingerprint density at radius 1 is 0.487 bits per heavy atom. The molecule has 0 atom stereocenters. The van der Waals surface area contributed by atoms with Gasteiger partial charge in [0.2, 0.25) is 11.8 Å². The molecular weight excluding hydrogens is 500 g/mol. The Morgan fingerprint density at radius 3 is 1.90 bits per heavy atom. The number of hydrogen-bond donors (Lipinski definition) is 0. The summed E-state index contributed by atoms with van der Waals surface area (Å²) < 4.78 is 14.7. The van der Waals surface area contributed by atoms with Crippen molar-refractivity contribution in [2.75, 3.05) is 0 Å². The van der Waals surface area contributed by atoms with Crippen molar-refractivity contribution >= 4 is 53.4 Å². The van der Waals surface area contributed by atoms with Crippen molar-refractivity contribution in [1.82, 2.24) is 9.97 Å². The summed E-state index contributed by atoms with van der Waals surface area (Å²) in [4.78, 5) is 9.60. The van der Waals surface area contributed by atoms with Crippen molar-refractivity contribution in [1.29, 1.82) is 0 Å². The topological polar surface area (TPSA) is 48.2 Å². The second-order valence-electron chi connectivity index (χ2n) is 9.44. The SMILES string of the molecule is c1cc(Oc2cccc(-c3ccc4sc5ccccc5c4c3)n2)nc(-c2ccc3oc4ccccc4c3c2)c1. The Morgan fingerprint density at radius 2 is 1.10 bits per heavy atom. The third kappa shape index (κ3) is 3.83. The number of ether oxygens (including phenoxy) is 1. The molecule has 4 aromatic carbocycles. The molecule has 0 radical (unpaired) electrons. The third-order valence-electron chi connectivity index (χ3n) is 7.00. The highest BCUT2D eigenvalue weighted by molar-refractivity contribution is 7.25. The minimum atomic E-state index is 0.494. The number of pyridine rings is 2. The van der Waals surface area contributed by atoms with Gasteiger partial charge in [-0.15, -0.1) is 11.3 Å². The first-order valence-corrected chi connectivity index (χ1v) is 13.6. The molecule has 0 unspecified atom stereocenters. The van der Waals surface area contributed by atoms with Crippen LogP contribution in [0.15, 0.2) is 126 Å². The molecule has 39 heavy (non-hydrogen) atoms. The molecule has 5 heteroatoms. The van der Waals surface area contributed by atoms with Crippen molar-refractivity contribution in [3.8, 4) is 34.3 Å². The standard InChI is InChI=1S/C34H20N2O2S/c1-3-11-29-23(7-1)25-19-21(15-17-30(25)37-29)27-9-5-13-33(35-27)38-34-14-6-10-28(36-34)22-16-18-32-26(20-22)24-8-2-4-12-31(24)39-32/h1-20H. The van der Waals surface area contributed by atoms with Gasteiger partial charge < -0.3 is 9.15 Å². The fraction of sp³-hybridized carbons (Fsp3) is 0. The fourth-order valence-corrected chi connectivity index (χ4v) is 6.23. The highest BCUT2D eigenvalue weighted by Gasteiger charge is 2.11. The molecule has 184 valence electrons. The fourth-order valence-electron chi connectivity index (χ4n) is 5.14. The van der Waals surface area contributed by atoms with Crippen molar-refractivity contribution < 1.29 is 9.15 Å². The molecule has 0 N–H and O–H groups in total. The van der Waals surface area contributed by atoms with Crippen LogP contribution in [0.2, 0.25) is 0 Å².